The Bertz CT molecular complexity index is 216. The van der Waals surface area contributed by atoms with Crippen molar-refractivity contribution in [2.45, 2.75) is 38.7 Å². The Morgan fingerprint density at radius 3 is 2.80 bits per heavy atom. The zero-order valence-corrected chi connectivity index (χ0v) is 9.66. The number of nitrogens with zero attached hydrogens (tertiary/aromatic N) is 1. The Hall–Kier alpha value is -0.610. The highest BCUT2D eigenvalue weighted by atomic mass is 16.5. The van der Waals surface area contributed by atoms with Crippen LogP contribution >= 0.6 is 0 Å². The molecule has 1 N–H and O–H groups in total. The van der Waals surface area contributed by atoms with Gasteiger partial charge in [-0.25, -0.2) is 0 Å². The van der Waals surface area contributed by atoms with Gasteiger partial charge in [0.15, 0.2) is 0 Å². The molecule has 1 atom stereocenters. The first-order chi connectivity index (χ1) is 7.12. The smallest absolute Gasteiger partial charge is 0.306 e. The Kier molecular flexibility index (Phi) is 4.54. The first-order valence-corrected chi connectivity index (χ1v) is 5.70. The number of carbonyl (C=O) groups is 1. The number of ether oxygens (including phenoxy) is 1. The van der Waals surface area contributed by atoms with Crippen LogP contribution in [-0.4, -0.2) is 47.8 Å². The molecule has 1 fully saturated rings. The number of likely N-dealkylation sites (N-methyl/N-ethyl adjacent to an activating group) is 1. The fourth-order valence-corrected chi connectivity index (χ4v) is 2.36. The molecular formula is C11H21NO3. The van der Waals surface area contributed by atoms with Crippen molar-refractivity contribution >= 4 is 5.97 Å². The Morgan fingerprint density at radius 1 is 1.53 bits per heavy atom. The van der Waals surface area contributed by atoms with Crippen LogP contribution < -0.4 is 0 Å². The molecule has 4 heteroatoms. The second-order valence-electron chi connectivity index (χ2n) is 4.16. The maximum absolute atomic E-state index is 10.8. The van der Waals surface area contributed by atoms with Crippen LogP contribution in [0.5, 0.6) is 0 Å². The van der Waals surface area contributed by atoms with Gasteiger partial charge in [0.1, 0.15) is 0 Å². The van der Waals surface area contributed by atoms with Gasteiger partial charge in [-0.1, -0.05) is 6.92 Å². The molecule has 1 heterocycles. The summed E-state index contributed by atoms with van der Waals surface area (Å²) < 4.78 is 5.69. The summed E-state index contributed by atoms with van der Waals surface area (Å²) in [6.07, 6.45) is 2.02. The number of hydrogen-bond acceptors (Lipinski definition) is 3. The van der Waals surface area contributed by atoms with Gasteiger partial charge in [0.2, 0.25) is 0 Å². The van der Waals surface area contributed by atoms with E-state index in [9.17, 15) is 4.79 Å². The van der Waals surface area contributed by atoms with Crippen molar-refractivity contribution in [3.63, 3.8) is 0 Å². The summed E-state index contributed by atoms with van der Waals surface area (Å²) in [4.78, 5) is 13.1. The average Bonchev–Trinajstić information content (AvgIpc) is 2.17. The minimum absolute atomic E-state index is 0.122. The molecule has 88 valence electrons. The average molecular weight is 215 g/mol. The van der Waals surface area contributed by atoms with Crippen LogP contribution in [0.1, 0.15) is 33.1 Å². The Labute approximate surface area is 91.2 Å². The van der Waals surface area contributed by atoms with Gasteiger partial charge in [0.25, 0.3) is 0 Å². The lowest BCUT2D eigenvalue weighted by molar-refractivity contribution is -0.150. The summed E-state index contributed by atoms with van der Waals surface area (Å²) in [5, 5.41) is 8.92. The van der Waals surface area contributed by atoms with Crippen LogP contribution in [0.15, 0.2) is 0 Å². The van der Waals surface area contributed by atoms with Crippen LogP contribution in [0.2, 0.25) is 0 Å². The standard InChI is InChI=1S/C11H21NO3/c1-3-12-7-5-6-11(9-12,15-4-2)8-10(13)14/h3-9H2,1-2H3,(H,13,14). The van der Waals surface area contributed by atoms with Crippen LogP contribution in [-0.2, 0) is 9.53 Å². The molecule has 1 unspecified atom stereocenters. The fourth-order valence-electron chi connectivity index (χ4n) is 2.36. The summed E-state index contributed by atoms with van der Waals surface area (Å²) in [6.45, 7) is 7.39. The summed E-state index contributed by atoms with van der Waals surface area (Å²) in [6, 6.07) is 0. The van der Waals surface area contributed by atoms with Crippen LogP contribution in [0, 0.1) is 0 Å². The third-order valence-electron chi connectivity index (χ3n) is 2.99. The van der Waals surface area contributed by atoms with E-state index in [0.29, 0.717) is 6.61 Å². The van der Waals surface area contributed by atoms with E-state index in [-0.39, 0.29) is 6.42 Å². The molecule has 1 aliphatic heterocycles. The van der Waals surface area contributed by atoms with Crippen LogP contribution in [0.3, 0.4) is 0 Å². The number of carboxylic acid groups (broad SMARTS) is 1. The zero-order chi connectivity index (χ0) is 11.3. The van der Waals surface area contributed by atoms with Gasteiger partial charge >= 0.3 is 5.97 Å². The molecule has 0 aromatic carbocycles. The van der Waals surface area contributed by atoms with Crippen molar-refractivity contribution in [1.82, 2.24) is 4.90 Å². The highest BCUT2D eigenvalue weighted by Gasteiger charge is 2.37. The molecule has 0 radical (unpaired) electrons. The van der Waals surface area contributed by atoms with E-state index in [4.69, 9.17) is 9.84 Å². The van der Waals surface area contributed by atoms with E-state index < -0.39 is 11.6 Å². The molecule has 0 spiro atoms. The molecule has 0 aromatic rings. The van der Waals surface area contributed by atoms with E-state index >= 15 is 0 Å². The number of aliphatic carboxylic acids is 1. The van der Waals surface area contributed by atoms with E-state index in [0.717, 1.165) is 32.5 Å². The predicted octanol–water partition coefficient (Wildman–Crippen LogP) is 1.35. The fraction of sp³-hybridized carbons (Fsp3) is 0.909. The van der Waals surface area contributed by atoms with Crippen molar-refractivity contribution in [1.29, 1.82) is 0 Å². The number of rotatable bonds is 5. The first kappa shape index (κ1) is 12.5. The number of carboxylic acids is 1. The summed E-state index contributed by atoms with van der Waals surface area (Å²) in [5.41, 5.74) is -0.450. The van der Waals surface area contributed by atoms with Crippen molar-refractivity contribution in [2.24, 2.45) is 0 Å². The topological polar surface area (TPSA) is 49.8 Å². The van der Waals surface area contributed by atoms with Crippen LogP contribution in [0.4, 0.5) is 0 Å². The third-order valence-corrected chi connectivity index (χ3v) is 2.99. The van der Waals surface area contributed by atoms with E-state index in [1.165, 1.54) is 0 Å². The third kappa shape index (κ3) is 3.47. The molecule has 0 aliphatic carbocycles. The van der Waals surface area contributed by atoms with Gasteiger partial charge < -0.3 is 14.7 Å². The van der Waals surface area contributed by atoms with Crippen molar-refractivity contribution in [3.05, 3.63) is 0 Å². The molecular weight excluding hydrogens is 194 g/mol. The first-order valence-electron chi connectivity index (χ1n) is 5.70. The minimum atomic E-state index is -0.763. The van der Waals surface area contributed by atoms with Gasteiger partial charge in [-0.05, 0) is 32.9 Å². The van der Waals surface area contributed by atoms with E-state index in [1.807, 2.05) is 6.92 Å². The second kappa shape index (κ2) is 5.47. The highest BCUT2D eigenvalue weighted by Crippen LogP contribution is 2.28. The SMILES string of the molecule is CCOC1(CC(=O)O)CCCN(CC)C1. The van der Waals surface area contributed by atoms with Crippen molar-refractivity contribution in [2.75, 3.05) is 26.2 Å². The van der Waals surface area contributed by atoms with Gasteiger partial charge in [0, 0.05) is 13.2 Å². The highest BCUT2D eigenvalue weighted by molar-refractivity contribution is 5.68. The molecule has 0 aromatic heterocycles. The van der Waals surface area contributed by atoms with Gasteiger partial charge in [-0.2, -0.15) is 0 Å². The summed E-state index contributed by atoms with van der Waals surface area (Å²) in [7, 11) is 0. The quantitative estimate of drug-likeness (QED) is 0.752. The lowest BCUT2D eigenvalue weighted by atomic mass is 9.89. The second-order valence-corrected chi connectivity index (χ2v) is 4.16. The van der Waals surface area contributed by atoms with Gasteiger partial charge in [-0.15, -0.1) is 0 Å². The van der Waals surface area contributed by atoms with Crippen molar-refractivity contribution in [3.8, 4) is 0 Å². The zero-order valence-electron chi connectivity index (χ0n) is 9.66. The lowest BCUT2D eigenvalue weighted by Crippen LogP contribution is -2.50. The summed E-state index contributed by atoms with van der Waals surface area (Å²) in [5.74, 6) is -0.763. The molecule has 0 saturated carbocycles. The normalized spacial score (nSPS) is 27.9. The molecule has 4 nitrogen and oxygen atoms in total. The van der Waals surface area contributed by atoms with E-state index in [1.54, 1.807) is 0 Å². The molecule has 15 heavy (non-hydrogen) atoms. The van der Waals surface area contributed by atoms with Gasteiger partial charge in [-0.3, -0.25) is 4.79 Å². The molecule has 1 saturated heterocycles. The van der Waals surface area contributed by atoms with Gasteiger partial charge in [0.05, 0.1) is 12.0 Å². The van der Waals surface area contributed by atoms with Crippen molar-refractivity contribution < 1.29 is 14.6 Å². The molecule has 0 amide bonds. The molecule has 1 rings (SSSR count). The maximum atomic E-state index is 10.8. The molecule has 0 bridgehead atoms. The summed E-state index contributed by atoms with van der Waals surface area (Å²) >= 11 is 0. The number of hydrogen-bond donors (Lipinski definition) is 1. The maximum Gasteiger partial charge on any atom is 0.306 e. The predicted molar refractivity (Wildman–Crippen MR) is 58.0 cm³/mol. The Balaban J connectivity index is 2.65. The largest absolute Gasteiger partial charge is 0.481 e. The minimum Gasteiger partial charge on any atom is -0.481 e. The lowest BCUT2D eigenvalue weighted by Gasteiger charge is -2.41. The van der Waals surface area contributed by atoms with E-state index in [2.05, 4.69) is 11.8 Å². The monoisotopic (exact) mass is 215 g/mol. The molecule has 1 aliphatic rings. The number of piperidine rings is 1. The Morgan fingerprint density at radius 2 is 2.27 bits per heavy atom. The number of likely N-dealkylation sites (tertiary alicyclic amines) is 1. The van der Waals surface area contributed by atoms with Crippen LogP contribution in [0.25, 0.3) is 0 Å².